The van der Waals surface area contributed by atoms with Gasteiger partial charge in [-0.1, -0.05) is 36.8 Å². The van der Waals surface area contributed by atoms with Gasteiger partial charge in [0.15, 0.2) is 5.96 Å². The zero-order valence-electron chi connectivity index (χ0n) is 14.7. The molecule has 8 heteroatoms. The molecule has 0 radical (unpaired) electrons. The smallest absolute Gasteiger partial charge is 0.213 e. The SMILES string of the molecule is CCNC(=NCc1ccccc1)NCCS(=O)(=O)NCC1CCC1.I. The van der Waals surface area contributed by atoms with Gasteiger partial charge in [-0.15, -0.1) is 24.0 Å². The van der Waals surface area contributed by atoms with Gasteiger partial charge in [-0.05, 0) is 31.2 Å². The first-order valence-electron chi connectivity index (χ1n) is 8.62. The fraction of sp³-hybridized carbons (Fsp3) is 0.588. The van der Waals surface area contributed by atoms with E-state index in [1.807, 2.05) is 37.3 Å². The lowest BCUT2D eigenvalue weighted by molar-refractivity contribution is 0.316. The van der Waals surface area contributed by atoms with Gasteiger partial charge in [0.25, 0.3) is 0 Å². The Labute approximate surface area is 168 Å². The van der Waals surface area contributed by atoms with E-state index in [0.717, 1.165) is 24.9 Å². The fourth-order valence-electron chi connectivity index (χ4n) is 2.41. The van der Waals surface area contributed by atoms with E-state index in [4.69, 9.17) is 0 Å². The summed E-state index contributed by atoms with van der Waals surface area (Å²) < 4.78 is 26.7. The molecule has 1 aromatic carbocycles. The van der Waals surface area contributed by atoms with Gasteiger partial charge in [0.05, 0.1) is 12.3 Å². The number of nitrogens with zero attached hydrogens (tertiary/aromatic N) is 1. The Morgan fingerprint density at radius 1 is 1.20 bits per heavy atom. The van der Waals surface area contributed by atoms with Crippen LogP contribution in [0.25, 0.3) is 0 Å². The third kappa shape index (κ3) is 8.87. The van der Waals surface area contributed by atoms with Crippen LogP contribution in [0.5, 0.6) is 0 Å². The number of aliphatic imine (C=N–C) groups is 1. The molecule has 0 saturated heterocycles. The van der Waals surface area contributed by atoms with Crippen molar-refractivity contribution in [1.29, 1.82) is 0 Å². The summed E-state index contributed by atoms with van der Waals surface area (Å²) in [6, 6.07) is 9.96. The molecule has 6 nitrogen and oxygen atoms in total. The molecule has 0 unspecified atom stereocenters. The Hall–Kier alpha value is -0.870. The van der Waals surface area contributed by atoms with E-state index in [-0.39, 0.29) is 29.7 Å². The lowest BCUT2D eigenvalue weighted by atomic mass is 9.86. The van der Waals surface area contributed by atoms with Crippen LogP contribution in [0, 0.1) is 5.92 Å². The predicted molar refractivity (Wildman–Crippen MR) is 114 cm³/mol. The zero-order valence-corrected chi connectivity index (χ0v) is 17.8. The second-order valence-corrected chi connectivity index (χ2v) is 8.00. The van der Waals surface area contributed by atoms with Gasteiger partial charge in [-0.25, -0.2) is 18.1 Å². The van der Waals surface area contributed by atoms with E-state index in [1.54, 1.807) is 0 Å². The number of sulfonamides is 1. The van der Waals surface area contributed by atoms with Gasteiger partial charge in [0.1, 0.15) is 0 Å². The van der Waals surface area contributed by atoms with Gasteiger partial charge in [-0.2, -0.15) is 0 Å². The maximum atomic E-state index is 12.0. The van der Waals surface area contributed by atoms with Gasteiger partial charge in [0.2, 0.25) is 10.0 Å². The van der Waals surface area contributed by atoms with Crippen LogP contribution in [0.2, 0.25) is 0 Å². The van der Waals surface area contributed by atoms with E-state index in [0.29, 0.717) is 31.5 Å². The van der Waals surface area contributed by atoms with Crippen molar-refractivity contribution in [2.75, 3.05) is 25.4 Å². The van der Waals surface area contributed by atoms with Crippen molar-refractivity contribution < 1.29 is 8.42 Å². The highest BCUT2D eigenvalue weighted by Gasteiger charge is 2.19. The predicted octanol–water partition coefficient (Wildman–Crippen LogP) is 2.08. The van der Waals surface area contributed by atoms with Gasteiger partial charge < -0.3 is 10.6 Å². The Balaban J connectivity index is 0.00000312. The summed E-state index contributed by atoms with van der Waals surface area (Å²) in [5, 5.41) is 6.21. The topological polar surface area (TPSA) is 82.6 Å². The molecular weight excluding hydrogens is 451 g/mol. The molecule has 0 atom stereocenters. The molecule has 25 heavy (non-hydrogen) atoms. The van der Waals surface area contributed by atoms with Crippen LogP contribution < -0.4 is 15.4 Å². The molecule has 0 bridgehead atoms. The maximum Gasteiger partial charge on any atom is 0.213 e. The van der Waals surface area contributed by atoms with Crippen molar-refractivity contribution in [3.63, 3.8) is 0 Å². The number of rotatable bonds is 9. The number of guanidine groups is 1. The van der Waals surface area contributed by atoms with Crippen molar-refractivity contribution in [3.05, 3.63) is 35.9 Å². The van der Waals surface area contributed by atoms with E-state index < -0.39 is 10.0 Å². The molecule has 1 aliphatic rings. The third-order valence-corrected chi connectivity index (χ3v) is 5.43. The second-order valence-electron chi connectivity index (χ2n) is 6.07. The summed E-state index contributed by atoms with van der Waals surface area (Å²) in [5.74, 6) is 1.21. The van der Waals surface area contributed by atoms with Gasteiger partial charge in [-0.3, -0.25) is 0 Å². The van der Waals surface area contributed by atoms with Crippen LogP contribution in [-0.2, 0) is 16.6 Å². The molecule has 0 aromatic heterocycles. The van der Waals surface area contributed by atoms with Crippen LogP contribution in [0.4, 0.5) is 0 Å². The Morgan fingerprint density at radius 3 is 2.52 bits per heavy atom. The van der Waals surface area contributed by atoms with Gasteiger partial charge >= 0.3 is 0 Å². The zero-order chi connectivity index (χ0) is 17.3. The summed E-state index contributed by atoms with van der Waals surface area (Å²) >= 11 is 0. The molecule has 2 rings (SSSR count). The number of hydrogen-bond acceptors (Lipinski definition) is 3. The number of hydrogen-bond donors (Lipinski definition) is 3. The molecule has 0 spiro atoms. The highest BCUT2D eigenvalue weighted by Crippen LogP contribution is 2.25. The molecule has 1 aliphatic carbocycles. The maximum absolute atomic E-state index is 12.0. The van der Waals surface area contributed by atoms with Crippen LogP contribution >= 0.6 is 24.0 Å². The number of nitrogens with one attached hydrogen (secondary N) is 3. The number of benzene rings is 1. The Morgan fingerprint density at radius 2 is 1.92 bits per heavy atom. The highest BCUT2D eigenvalue weighted by molar-refractivity contribution is 14.0. The average Bonchev–Trinajstić information content (AvgIpc) is 2.52. The summed E-state index contributed by atoms with van der Waals surface area (Å²) in [5.41, 5.74) is 1.12. The number of halogens is 1. The average molecular weight is 480 g/mol. The quantitative estimate of drug-likeness (QED) is 0.287. The van der Waals surface area contributed by atoms with Gasteiger partial charge in [0, 0.05) is 19.6 Å². The van der Waals surface area contributed by atoms with Crippen molar-refractivity contribution >= 4 is 40.0 Å². The Bertz CT molecular complexity index is 619. The largest absolute Gasteiger partial charge is 0.357 e. The van der Waals surface area contributed by atoms with Crippen molar-refractivity contribution in [2.24, 2.45) is 10.9 Å². The summed E-state index contributed by atoms with van der Waals surface area (Å²) in [6.45, 7) is 4.18. The standard InChI is InChI=1S/C17H28N4O2S.HI/c1-2-18-17(20-13-15-7-4-3-5-8-15)19-11-12-24(22,23)21-14-16-9-6-10-16;/h3-5,7-8,16,21H,2,6,9-14H2,1H3,(H2,18,19,20);1H. The van der Waals surface area contributed by atoms with Crippen molar-refractivity contribution in [2.45, 2.75) is 32.7 Å². The lowest BCUT2D eigenvalue weighted by Crippen LogP contribution is -2.42. The Kier molecular flexibility index (Phi) is 10.4. The fourth-order valence-corrected chi connectivity index (χ4v) is 3.42. The molecule has 1 fully saturated rings. The molecule has 0 heterocycles. The van der Waals surface area contributed by atoms with Crippen LogP contribution in [0.1, 0.15) is 31.7 Å². The molecule has 0 aliphatic heterocycles. The second kappa shape index (κ2) is 11.7. The van der Waals surface area contributed by atoms with Crippen molar-refractivity contribution in [1.82, 2.24) is 15.4 Å². The normalized spacial score (nSPS) is 15.2. The molecule has 1 aromatic rings. The molecular formula is C17H29IN4O2S. The first kappa shape index (κ1) is 22.2. The first-order valence-corrected chi connectivity index (χ1v) is 10.3. The highest BCUT2D eigenvalue weighted by atomic mass is 127. The molecule has 1 saturated carbocycles. The molecule has 142 valence electrons. The van der Waals surface area contributed by atoms with E-state index in [9.17, 15) is 8.42 Å². The van der Waals surface area contributed by atoms with Crippen LogP contribution in [0.3, 0.4) is 0 Å². The van der Waals surface area contributed by atoms with Crippen LogP contribution in [-0.4, -0.2) is 39.8 Å². The monoisotopic (exact) mass is 480 g/mol. The minimum absolute atomic E-state index is 0. The third-order valence-electron chi connectivity index (χ3n) is 4.09. The summed E-state index contributed by atoms with van der Waals surface area (Å²) in [6.07, 6.45) is 3.49. The van der Waals surface area contributed by atoms with E-state index in [1.165, 1.54) is 6.42 Å². The minimum Gasteiger partial charge on any atom is -0.357 e. The molecule has 0 amide bonds. The molecule has 3 N–H and O–H groups in total. The van der Waals surface area contributed by atoms with Crippen LogP contribution in [0.15, 0.2) is 35.3 Å². The first-order chi connectivity index (χ1) is 11.6. The minimum atomic E-state index is -3.23. The van der Waals surface area contributed by atoms with E-state index >= 15 is 0 Å². The summed E-state index contributed by atoms with van der Waals surface area (Å²) in [7, 11) is -3.23. The lowest BCUT2D eigenvalue weighted by Gasteiger charge is -2.25. The van der Waals surface area contributed by atoms with E-state index in [2.05, 4.69) is 20.3 Å². The van der Waals surface area contributed by atoms with Crippen molar-refractivity contribution in [3.8, 4) is 0 Å². The summed E-state index contributed by atoms with van der Waals surface area (Å²) in [4.78, 5) is 4.48.